The number of likely N-dealkylation sites (tertiary alicyclic amines) is 1. The number of carbonyl (C=O) groups is 1. The molecule has 2 saturated heterocycles. The third-order valence-electron chi connectivity index (χ3n) is 7.09. The first-order chi connectivity index (χ1) is 16.5. The lowest BCUT2D eigenvalue weighted by Gasteiger charge is -2.41. The van der Waals surface area contributed by atoms with Gasteiger partial charge in [-0.2, -0.15) is 0 Å². The number of rotatable bonds is 7. The van der Waals surface area contributed by atoms with Crippen LogP contribution in [-0.4, -0.2) is 67.0 Å². The highest BCUT2D eigenvalue weighted by Crippen LogP contribution is 2.50. The van der Waals surface area contributed by atoms with Crippen LogP contribution in [0.4, 0.5) is 13.2 Å². The van der Waals surface area contributed by atoms with E-state index in [1.54, 1.807) is 0 Å². The fraction of sp³-hybridized carbons (Fsp3) is 0.458. The van der Waals surface area contributed by atoms with E-state index < -0.39 is 51.1 Å². The second kappa shape index (κ2) is 8.58. The number of hydrogen-bond acceptors (Lipinski definition) is 5. The third kappa shape index (κ3) is 4.35. The minimum atomic E-state index is -3.63. The summed E-state index contributed by atoms with van der Waals surface area (Å²) >= 11 is 0. The zero-order valence-corrected chi connectivity index (χ0v) is 19.7. The summed E-state index contributed by atoms with van der Waals surface area (Å²) in [6.45, 7) is 1.18. The van der Waals surface area contributed by atoms with Gasteiger partial charge >= 0.3 is 0 Å². The number of halogens is 3. The molecule has 2 aromatic rings. The van der Waals surface area contributed by atoms with E-state index in [0.717, 1.165) is 12.1 Å². The van der Waals surface area contributed by atoms with E-state index in [0.29, 0.717) is 12.5 Å². The molecule has 1 aliphatic carbocycles. The molecule has 2 N–H and O–H groups in total. The molecule has 0 bridgehead atoms. The van der Waals surface area contributed by atoms with Crippen molar-refractivity contribution in [1.82, 2.24) is 9.62 Å². The van der Waals surface area contributed by atoms with E-state index in [1.165, 1.54) is 30.0 Å². The van der Waals surface area contributed by atoms with Crippen molar-refractivity contribution in [3.8, 4) is 11.1 Å². The van der Waals surface area contributed by atoms with Gasteiger partial charge in [0, 0.05) is 23.7 Å². The summed E-state index contributed by atoms with van der Waals surface area (Å²) in [6.07, 6.45) is 0.519. The van der Waals surface area contributed by atoms with Gasteiger partial charge in [0.2, 0.25) is 10.0 Å². The summed E-state index contributed by atoms with van der Waals surface area (Å²) in [6, 6.07) is 5.48. The number of nitrogens with one attached hydrogen (secondary N) is 1. The number of benzene rings is 2. The summed E-state index contributed by atoms with van der Waals surface area (Å²) in [5.41, 5.74) is -1.52. The number of amides is 1. The van der Waals surface area contributed by atoms with Crippen LogP contribution in [0.2, 0.25) is 0 Å². The third-order valence-corrected chi connectivity index (χ3v) is 8.48. The van der Waals surface area contributed by atoms with Crippen molar-refractivity contribution in [3.63, 3.8) is 0 Å². The van der Waals surface area contributed by atoms with E-state index in [1.807, 2.05) is 0 Å². The lowest BCUT2D eigenvalue weighted by atomic mass is 9.93. The molecule has 0 aromatic heterocycles. The molecule has 1 amide bonds. The van der Waals surface area contributed by atoms with Crippen molar-refractivity contribution >= 4 is 15.9 Å². The smallest absolute Gasteiger partial charge is 0.259 e. The molecule has 7 nitrogen and oxygen atoms in total. The summed E-state index contributed by atoms with van der Waals surface area (Å²) in [4.78, 5) is 14.7. The minimum absolute atomic E-state index is 0.0151. The Bertz CT molecular complexity index is 1260. The van der Waals surface area contributed by atoms with Crippen LogP contribution in [0.1, 0.15) is 18.9 Å². The molecular formula is C24H25F3N2O5S. The predicted octanol–water partition coefficient (Wildman–Crippen LogP) is 1.98. The quantitative estimate of drug-likeness (QED) is 0.594. The molecule has 2 heterocycles. The molecule has 4 atom stereocenters. The molecule has 188 valence electrons. The van der Waals surface area contributed by atoms with Crippen LogP contribution in [0.3, 0.4) is 0 Å². The number of aliphatic hydroxyl groups is 1. The Kier molecular flexibility index (Phi) is 5.94. The SMILES string of the molecule is CCS(=O)(=O)N[C@@H]1[C@H]2C[C@H]2N(C(=O)C2(O)COC2)[C@@H]1Cc1cccc(-c2cc(F)cc(F)c2)c1F. The first-order valence-electron chi connectivity index (χ1n) is 11.4. The van der Waals surface area contributed by atoms with Gasteiger partial charge in [0.15, 0.2) is 5.60 Å². The normalized spacial score (nSPS) is 26.8. The molecular weight excluding hydrogens is 485 g/mol. The lowest BCUT2D eigenvalue weighted by Crippen LogP contribution is -2.64. The zero-order valence-electron chi connectivity index (χ0n) is 18.9. The second-order valence-electron chi connectivity index (χ2n) is 9.46. The molecule has 5 rings (SSSR count). The average molecular weight is 511 g/mol. The molecule has 3 fully saturated rings. The van der Waals surface area contributed by atoms with Gasteiger partial charge in [0.25, 0.3) is 5.91 Å². The summed E-state index contributed by atoms with van der Waals surface area (Å²) in [5.74, 6) is -3.28. The van der Waals surface area contributed by atoms with E-state index >= 15 is 4.39 Å². The number of ether oxygens (including phenoxy) is 1. The fourth-order valence-electron chi connectivity index (χ4n) is 5.15. The maximum atomic E-state index is 15.6. The van der Waals surface area contributed by atoms with Crippen molar-refractivity contribution in [2.45, 2.75) is 43.5 Å². The topological polar surface area (TPSA) is 95.9 Å². The zero-order chi connectivity index (χ0) is 25.1. The molecule has 11 heteroatoms. The first-order valence-corrected chi connectivity index (χ1v) is 13.0. The van der Waals surface area contributed by atoms with Crippen LogP contribution < -0.4 is 4.72 Å². The van der Waals surface area contributed by atoms with Crippen LogP contribution in [0.5, 0.6) is 0 Å². The Balaban J connectivity index is 1.51. The van der Waals surface area contributed by atoms with Crippen LogP contribution in [0.15, 0.2) is 36.4 Å². The molecule has 0 radical (unpaired) electrons. The van der Waals surface area contributed by atoms with E-state index in [4.69, 9.17) is 4.74 Å². The largest absolute Gasteiger partial charge is 0.376 e. The number of fused-ring (bicyclic) bond motifs is 1. The Morgan fingerprint density at radius 1 is 1.20 bits per heavy atom. The highest BCUT2D eigenvalue weighted by molar-refractivity contribution is 7.89. The molecule has 3 aliphatic rings. The average Bonchev–Trinajstić information content (AvgIpc) is 3.50. The Morgan fingerprint density at radius 2 is 1.89 bits per heavy atom. The van der Waals surface area contributed by atoms with Crippen molar-refractivity contribution < 1.29 is 36.2 Å². The summed E-state index contributed by atoms with van der Waals surface area (Å²) in [7, 11) is -3.63. The highest BCUT2D eigenvalue weighted by Gasteiger charge is 2.64. The van der Waals surface area contributed by atoms with E-state index in [9.17, 15) is 27.1 Å². The first kappa shape index (κ1) is 24.2. The van der Waals surface area contributed by atoms with Gasteiger partial charge in [0.05, 0.1) is 25.0 Å². The molecule has 0 unspecified atom stereocenters. The van der Waals surface area contributed by atoms with Crippen LogP contribution in [-0.2, 0) is 26.0 Å². The Labute approximate surface area is 200 Å². The number of sulfonamides is 1. The monoisotopic (exact) mass is 510 g/mol. The Hall–Kier alpha value is -2.47. The number of piperidine rings is 1. The number of nitrogens with zero attached hydrogens (tertiary/aromatic N) is 1. The molecule has 35 heavy (non-hydrogen) atoms. The summed E-state index contributed by atoms with van der Waals surface area (Å²) in [5, 5.41) is 10.6. The highest BCUT2D eigenvalue weighted by atomic mass is 32.2. The van der Waals surface area contributed by atoms with Crippen LogP contribution in [0.25, 0.3) is 11.1 Å². The Morgan fingerprint density at radius 3 is 2.49 bits per heavy atom. The lowest BCUT2D eigenvalue weighted by molar-refractivity contribution is -0.201. The van der Waals surface area contributed by atoms with Gasteiger partial charge in [0.1, 0.15) is 17.5 Å². The van der Waals surface area contributed by atoms with Gasteiger partial charge in [-0.25, -0.2) is 26.3 Å². The summed E-state index contributed by atoms with van der Waals surface area (Å²) < 4.78 is 75.6. The van der Waals surface area contributed by atoms with Crippen LogP contribution in [0, 0.1) is 23.4 Å². The molecule has 2 aliphatic heterocycles. The van der Waals surface area contributed by atoms with Crippen molar-refractivity contribution in [2.75, 3.05) is 19.0 Å². The molecule has 1 saturated carbocycles. The molecule has 2 aromatic carbocycles. The van der Waals surface area contributed by atoms with Crippen molar-refractivity contribution in [1.29, 1.82) is 0 Å². The van der Waals surface area contributed by atoms with Crippen molar-refractivity contribution in [3.05, 3.63) is 59.4 Å². The standard InChI is InChI=1S/C24H25F3N2O5S/c1-2-35(32,33)28-22-18-10-19(18)29(23(30)24(31)11-34-12-24)20(22)8-13-4-3-5-17(21(13)27)14-6-15(25)9-16(26)7-14/h3-7,9,18-20,22,28,31H,2,8,10-12H2,1H3/t18-,19+,20+,22+/m0/s1. The van der Waals surface area contributed by atoms with Crippen LogP contribution >= 0.6 is 0 Å². The van der Waals surface area contributed by atoms with Gasteiger partial charge < -0.3 is 14.7 Å². The fourth-order valence-corrected chi connectivity index (χ4v) is 6.06. The number of hydrogen-bond donors (Lipinski definition) is 2. The maximum Gasteiger partial charge on any atom is 0.259 e. The second-order valence-corrected chi connectivity index (χ2v) is 11.5. The minimum Gasteiger partial charge on any atom is -0.376 e. The van der Waals surface area contributed by atoms with Gasteiger partial charge in [-0.05, 0) is 48.9 Å². The number of carbonyl (C=O) groups excluding carboxylic acids is 1. The van der Waals surface area contributed by atoms with Crippen molar-refractivity contribution in [2.24, 2.45) is 5.92 Å². The maximum absolute atomic E-state index is 15.6. The van der Waals surface area contributed by atoms with Gasteiger partial charge in [-0.15, -0.1) is 0 Å². The molecule has 0 spiro atoms. The van der Waals surface area contributed by atoms with E-state index in [2.05, 4.69) is 4.72 Å². The van der Waals surface area contributed by atoms with E-state index in [-0.39, 0.29) is 54.0 Å². The van der Waals surface area contributed by atoms with Gasteiger partial charge in [-0.1, -0.05) is 18.2 Å². The predicted molar refractivity (Wildman–Crippen MR) is 120 cm³/mol. The van der Waals surface area contributed by atoms with Gasteiger partial charge in [-0.3, -0.25) is 4.79 Å².